The van der Waals surface area contributed by atoms with Crippen molar-refractivity contribution < 1.29 is 4.74 Å². The standard InChI is InChI=1S/C12H15N5O2/c1-8-11(13)12(18)17-9(14-8)2-3-10(15-17)16-4-6-19-7-5-16/h2-3H,4-7,13H2,1H3. The zero-order valence-corrected chi connectivity index (χ0v) is 10.7. The number of aryl methyl sites for hydroxylation is 1. The fraction of sp³-hybridized carbons (Fsp3) is 0.417. The third-order valence-corrected chi connectivity index (χ3v) is 3.23. The fourth-order valence-electron chi connectivity index (χ4n) is 2.10. The van der Waals surface area contributed by atoms with Crippen LogP contribution in [0.25, 0.3) is 5.65 Å². The first-order valence-corrected chi connectivity index (χ1v) is 6.15. The summed E-state index contributed by atoms with van der Waals surface area (Å²) in [5.41, 5.74) is 6.57. The van der Waals surface area contributed by atoms with Crippen molar-refractivity contribution in [2.24, 2.45) is 0 Å². The predicted octanol–water partition coefficient (Wildman–Crippen LogP) is -0.183. The van der Waals surface area contributed by atoms with Gasteiger partial charge in [-0.2, -0.15) is 4.52 Å². The van der Waals surface area contributed by atoms with E-state index >= 15 is 0 Å². The molecular formula is C12H15N5O2. The smallest absolute Gasteiger partial charge is 0.297 e. The molecule has 7 nitrogen and oxygen atoms in total. The van der Waals surface area contributed by atoms with Crippen LogP contribution in [0.5, 0.6) is 0 Å². The molecule has 0 amide bonds. The van der Waals surface area contributed by atoms with Gasteiger partial charge in [-0.15, -0.1) is 5.10 Å². The quantitative estimate of drug-likeness (QED) is 0.766. The Morgan fingerprint density at radius 2 is 2.05 bits per heavy atom. The number of aromatic nitrogens is 3. The largest absolute Gasteiger partial charge is 0.393 e. The first-order valence-electron chi connectivity index (χ1n) is 6.15. The number of rotatable bonds is 1. The Labute approximate surface area is 109 Å². The lowest BCUT2D eigenvalue weighted by molar-refractivity contribution is 0.122. The molecule has 1 aliphatic heterocycles. The maximum absolute atomic E-state index is 12.1. The van der Waals surface area contributed by atoms with Crippen LogP contribution >= 0.6 is 0 Å². The lowest BCUT2D eigenvalue weighted by atomic mass is 10.3. The Morgan fingerprint density at radius 3 is 2.79 bits per heavy atom. The molecule has 2 N–H and O–H groups in total. The van der Waals surface area contributed by atoms with Gasteiger partial charge in [0.15, 0.2) is 5.65 Å². The van der Waals surface area contributed by atoms with Crippen LogP contribution in [0.15, 0.2) is 16.9 Å². The zero-order valence-electron chi connectivity index (χ0n) is 10.7. The van der Waals surface area contributed by atoms with Crippen molar-refractivity contribution in [2.45, 2.75) is 6.92 Å². The Bertz CT molecular complexity index is 676. The van der Waals surface area contributed by atoms with Gasteiger partial charge < -0.3 is 15.4 Å². The maximum atomic E-state index is 12.1. The summed E-state index contributed by atoms with van der Waals surface area (Å²) in [7, 11) is 0. The molecule has 0 bridgehead atoms. The van der Waals surface area contributed by atoms with Crippen LogP contribution in [0.4, 0.5) is 11.5 Å². The molecule has 0 aliphatic carbocycles. The summed E-state index contributed by atoms with van der Waals surface area (Å²) < 4.78 is 6.55. The van der Waals surface area contributed by atoms with Gasteiger partial charge in [-0.3, -0.25) is 4.79 Å². The van der Waals surface area contributed by atoms with E-state index in [0.29, 0.717) is 24.6 Å². The first-order chi connectivity index (χ1) is 9.16. The van der Waals surface area contributed by atoms with Gasteiger partial charge in [-0.25, -0.2) is 4.98 Å². The van der Waals surface area contributed by atoms with E-state index in [0.717, 1.165) is 18.9 Å². The normalized spacial score (nSPS) is 15.9. The Hall–Kier alpha value is -2.15. The Balaban J connectivity index is 2.12. The molecule has 0 spiro atoms. The third-order valence-electron chi connectivity index (χ3n) is 3.23. The number of nitrogens with zero attached hydrogens (tertiary/aromatic N) is 4. The molecule has 1 aliphatic rings. The molecule has 0 aromatic carbocycles. The van der Waals surface area contributed by atoms with Gasteiger partial charge in [0.1, 0.15) is 11.5 Å². The van der Waals surface area contributed by atoms with Crippen molar-refractivity contribution in [1.29, 1.82) is 0 Å². The average molecular weight is 261 g/mol. The van der Waals surface area contributed by atoms with Crippen LogP contribution < -0.4 is 16.2 Å². The van der Waals surface area contributed by atoms with Crippen molar-refractivity contribution in [3.8, 4) is 0 Å². The van der Waals surface area contributed by atoms with Gasteiger partial charge in [0, 0.05) is 13.1 Å². The Morgan fingerprint density at radius 1 is 1.32 bits per heavy atom. The van der Waals surface area contributed by atoms with E-state index in [1.54, 1.807) is 13.0 Å². The summed E-state index contributed by atoms with van der Waals surface area (Å²) >= 11 is 0. The van der Waals surface area contributed by atoms with Crippen LogP contribution in [0, 0.1) is 6.92 Å². The lowest BCUT2D eigenvalue weighted by Crippen LogP contribution is -2.37. The summed E-state index contributed by atoms with van der Waals surface area (Å²) in [5, 5.41) is 4.33. The van der Waals surface area contributed by atoms with Crippen LogP contribution in [0.2, 0.25) is 0 Å². The summed E-state index contributed by atoms with van der Waals surface area (Å²) in [6, 6.07) is 3.65. The van der Waals surface area contributed by atoms with E-state index in [2.05, 4.69) is 15.0 Å². The number of fused-ring (bicyclic) bond motifs is 1. The maximum Gasteiger partial charge on any atom is 0.297 e. The van der Waals surface area contributed by atoms with Crippen LogP contribution in [-0.4, -0.2) is 40.9 Å². The highest BCUT2D eigenvalue weighted by molar-refractivity contribution is 5.51. The SMILES string of the molecule is Cc1nc2ccc(N3CCOCC3)nn2c(=O)c1N. The zero-order chi connectivity index (χ0) is 13.4. The summed E-state index contributed by atoms with van der Waals surface area (Å²) in [4.78, 5) is 18.4. The number of nitrogen functional groups attached to an aromatic ring is 1. The van der Waals surface area contributed by atoms with E-state index in [4.69, 9.17) is 10.5 Å². The number of anilines is 2. The minimum atomic E-state index is -0.322. The van der Waals surface area contributed by atoms with Crippen molar-refractivity contribution in [3.63, 3.8) is 0 Å². The van der Waals surface area contributed by atoms with Gasteiger partial charge in [0.05, 0.1) is 18.9 Å². The molecule has 2 aromatic heterocycles. The molecule has 3 rings (SSSR count). The topological polar surface area (TPSA) is 85.8 Å². The summed E-state index contributed by atoms with van der Waals surface area (Å²) in [5.74, 6) is 0.739. The highest BCUT2D eigenvalue weighted by Gasteiger charge is 2.14. The number of nitrogens with two attached hydrogens (primary N) is 1. The third kappa shape index (κ3) is 2.01. The minimum Gasteiger partial charge on any atom is -0.393 e. The van der Waals surface area contributed by atoms with Gasteiger partial charge in [0.25, 0.3) is 5.56 Å². The van der Waals surface area contributed by atoms with Crippen molar-refractivity contribution in [1.82, 2.24) is 14.6 Å². The van der Waals surface area contributed by atoms with Crippen molar-refractivity contribution in [2.75, 3.05) is 36.9 Å². The summed E-state index contributed by atoms with van der Waals surface area (Å²) in [6.07, 6.45) is 0. The number of morpholine rings is 1. The average Bonchev–Trinajstić information content (AvgIpc) is 2.46. The molecule has 0 atom stereocenters. The second-order valence-electron chi connectivity index (χ2n) is 4.48. The molecule has 0 saturated carbocycles. The van der Waals surface area contributed by atoms with Crippen LogP contribution in [0.3, 0.4) is 0 Å². The van der Waals surface area contributed by atoms with Gasteiger partial charge in [0.2, 0.25) is 0 Å². The summed E-state index contributed by atoms with van der Waals surface area (Å²) in [6.45, 7) is 4.59. The molecule has 0 radical (unpaired) electrons. The molecule has 1 fully saturated rings. The highest BCUT2D eigenvalue weighted by Crippen LogP contribution is 2.13. The molecule has 19 heavy (non-hydrogen) atoms. The van der Waals surface area contributed by atoms with Crippen molar-refractivity contribution >= 4 is 17.2 Å². The lowest BCUT2D eigenvalue weighted by Gasteiger charge is -2.27. The minimum absolute atomic E-state index is 0.143. The number of ether oxygens (including phenoxy) is 1. The highest BCUT2D eigenvalue weighted by atomic mass is 16.5. The van der Waals surface area contributed by atoms with Crippen LogP contribution in [0.1, 0.15) is 5.69 Å². The van der Waals surface area contributed by atoms with Gasteiger partial charge in [-0.1, -0.05) is 0 Å². The van der Waals surface area contributed by atoms with Gasteiger partial charge >= 0.3 is 0 Å². The second-order valence-corrected chi connectivity index (χ2v) is 4.48. The predicted molar refractivity (Wildman–Crippen MR) is 71.4 cm³/mol. The Kier molecular flexibility index (Phi) is 2.83. The molecule has 1 saturated heterocycles. The molecular weight excluding hydrogens is 246 g/mol. The molecule has 0 unspecified atom stereocenters. The van der Waals surface area contributed by atoms with E-state index in [-0.39, 0.29) is 11.2 Å². The first kappa shape index (κ1) is 11.9. The van der Waals surface area contributed by atoms with Crippen molar-refractivity contribution in [3.05, 3.63) is 28.2 Å². The molecule has 100 valence electrons. The number of hydrogen-bond acceptors (Lipinski definition) is 6. The number of hydrogen-bond donors (Lipinski definition) is 1. The molecule has 2 aromatic rings. The van der Waals surface area contributed by atoms with E-state index in [1.807, 2.05) is 6.07 Å². The second kappa shape index (κ2) is 4.51. The van der Waals surface area contributed by atoms with E-state index < -0.39 is 0 Å². The fourth-order valence-corrected chi connectivity index (χ4v) is 2.10. The monoisotopic (exact) mass is 261 g/mol. The molecule has 7 heteroatoms. The van der Waals surface area contributed by atoms with Gasteiger partial charge in [-0.05, 0) is 19.1 Å². The van der Waals surface area contributed by atoms with E-state index in [1.165, 1.54) is 4.52 Å². The molecule has 3 heterocycles. The van der Waals surface area contributed by atoms with E-state index in [9.17, 15) is 4.79 Å². The van der Waals surface area contributed by atoms with Crippen LogP contribution in [-0.2, 0) is 4.74 Å².